The molecule has 0 saturated heterocycles. The van der Waals surface area contributed by atoms with Gasteiger partial charge in [-0.25, -0.2) is 0 Å². The standard InChI is InChI=1S/C16H34N2O/c1-7-16(6,8-2)18-14(19)10-9-13(11-12-17)15(3,4)5/h13H,7-12,17H2,1-6H3,(H,18,19). The first kappa shape index (κ1) is 18.4. The van der Waals surface area contributed by atoms with Gasteiger partial charge in [-0.05, 0) is 50.5 Å². The predicted octanol–water partition coefficient (Wildman–Crippen LogP) is 3.47. The second kappa shape index (κ2) is 7.88. The molecule has 1 unspecified atom stereocenters. The molecule has 0 fully saturated rings. The number of nitrogens with two attached hydrogens (primary N) is 1. The Morgan fingerprint density at radius 3 is 2.00 bits per heavy atom. The van der Waals surface area contributed by atoms with Crippen LogP contribution in [0.2, 0.25) is 0 Å². The second-order valence-electron chi connectivity index (χ2n) is 6.99. The summed E-state index contributed by atoms with van der Waals surface area (Å²) in [7, 11) is 0. The molecule has 0 aromatic heterocycles. The molecular formula is C16H34N2O. The van der Waals surface area contributed by atoms with E-state index in [2.05, 4.69) is 46.9 Å². The molecular weight excluding hydrogens is 236 g/mol. The molecule has 1 amide bonds. The molecule has 114 valence electrons. The average molecular weight is 270 g/mol. The summed E-state index contributed by atoms with van der Waals surface area (Å²) in [4.78, 5) is 12.1. The van der Waals surface area contributed by atoms with Gasteiger partial charge in [0, 0.05) is 12.0 Å². The van der Waals surface area contributed by atoms with Crippen LogP contribution in [0, 0.1) is 11.3 Å². The van der Waals surface area contributed by atoms with E-state index in [1.54, 1.807) is 0 Å². The van der Waals surface area contributed by atoms with Gasteiger partial charge in [0.25, 0.3) is 0 Å². The van der Waals surface area contributed by atoms with Crippen LogP contribution < -0.4 is 11.1 Å². The molecule has 3 N–H and O–H groups in total. The summed E-state index contributed by atoms with van der Waals surface area (Å²) >= 11 is 0. The van der Waals surface area contributed by atoms with Crippen molar-refractivity contribution in [2.75, 3.05) is 6.54 Å². The second-order valence-corrected chi connectivity index (χ2v) is 6.99. The quantitative estimate of drug-likeness (QED) is 0.709. The average Bonchev–Trinajstić information content (AvgIpc) is 2.32. The molecule has 0 spiro atoms. The van der Waals surface area contributed by atoms with E-state index in [0.717, 1.165) is 25.7 Å². The molecule has 0 aromatic rings. The van der Waals surface area contributed by atoms with Gasteiger partial charge in [-0.2, -0.15) is 0 Å². The van der Waals surface area contributed by atoms with Gasteiger partial charge in [0.1, 0.15) is 0 Å². The van der Waals surface area contributed by atoms with Crippen molar-refractivity contribution < 1.29 is 4.79 Å². The van der Waals surface area contributed by atoms with Crippen LogP contribution in [-0.4, -0.2) is 18.0 Å². The number of carbonyl (C=O) groups is 1. The van der Waals surface area contributed by atoms with E-state index < -0.39 is 0 Å². The van der Waals surface area contributed by atoms with Gasteiger partial charge in [-0.15, -0.1) is 0 Å². The number of hydrogen-bond acceptors (Lipinski definition) is 2. The summed E-state index contributed by atoms with van der Waals surface area (Å²) in [6.07, 6.45) is 4.48. The minimum Gasteiger partial charge on any atom is -0.351 e. The van der Waals surface area contributed by atoms with Crippen molar-refractivity contribution in [3.8, 4) is 0 Å². The lowest BCUT2D eigenvalue weighted by atomic mass is 9.76. The first-order valence-corrected chi connectivity index (χ1v) is 7.69. The Balaban J connectivity index is 4.34. The SMILES string of the molecule is CCC(C)(CC)NC(=O)CCC(CCN)C(C)(C)C. The van der Waals surface area contributed by atoms with Crippen molar-refractivity contribution in [2.24, 2.45) is 17.1 Å². The number of rotatable bonds is 8. The molecule has 3 nitrogen and oxygen atoms in total. The topological polar surface area (TPSA) is 55.1 Å². The Morgan fingerprint density at radius 1 is 1.11 bits per heavy atom. The molecule has 0 aliphatic heterocycles. The first-order chi connectivity index (χ1) is 8.68. The highest BCUT2D eigenvalue weighted by Gasteiger charge is 2.26. The lowest BCUT2D eigenvalue weighted by Gasteiger charge is -2.32. The molecule has 0 rings (SSSR count). The predicted molar refractivity (Wildman–Crippen MR) is 83.0 cm³/mol. The maximum atomic E-state index is 12.1. The summed E-state index contributed by atoms with van der Waals surface area (Å²) in [5.41, 5.74) is 5.84. The van der Waals surface area contributed by atoms with Crippen molar-refractivity contribution in [1.29, 1.82) is 0 Å². The highest BCUT2D eigenvalue weighted by molar-refractivity contribution is 5.76. The smallest absolute Gasteiger partial charge is 0.220 e. The van der Waals surface area contributed by atoms with E-state index in [1.807, 2.05) is 0 Å². The molecule has 0 bridgehead atoms. The lowest BCUT2D eigenvalue weighted by Crippen LogP contribution is -2.45. The van der Waals surface area contributed by atoms with Crippen LogP contribution in [0.5, 0.6) is 0 Å². The molecule has 0 aromatic carbocycles. The van der Waals surface area contributed by atoms with Crippen LogP contribution in [0.15, 0.2) is 0 Å². The fourth-order valence-corrected chi connectivity index (χ4v) is 2.34. The summed E-state index contributed by atoms with van der Waals surface area (Å²) in [5, 5.41) is 3.17. The lowest BCUT2D eigenvalue weighted by molar-refractivity contribution is -0.123. The Labute approximate surface area is 119 Å². The highest BCUT2D eigenvalue weighted by atomic mass is 16.1. The van der Waals surface area contributed by atoms with E-state index >= 15 is 0 Å². The largest absolute Gasteiger partial charge is 0.351 e. The highest BCUT2D eigenvalue weighted by Crippen LogP contribution is 2.32. The zero-order chi connectivity index (χ0) is 15.1. The van der Waals surface area contributed by atoms with Gasteiger partial charge >= 0.3 is 0 Å². The molecule has 3 heteroatoms. The number of amides is 1. The summed E-state index contributed by atoms with van der Waals surface area (Å²) in [5.74, 6) is 0.690. The first-order valence-electron chi connectivity index (χ1n) is 7.69. The van der Waals surface area contributed by atoms with Gasteiger partial charge < -0.3 is 11.1 Å². The Hall–Kier alpha value is -0.570. The fraction of sp³-hybridized carbons (Fsp3) is 0.938. The van der Waals surface area contributed by atoms with Crippen molar-refractivity contribution >= 4 is 5.91 Å². The minimum atomic E-state index is -0.0534. The number of carbonyl (C=O) groups excluding carboxylic acids is 1. The third-order valence-corrected chi connectivity index (χ3v) is 4.46. The van der Waals surface area contributed by atoms with Crippen LogP contribution in [0.3, 0.4) is 0 Å². The van der Waals surface area contributed by atoms with Crippen molar-refractivity contribution in [1.82, 2.24) is 5.32 Å². The van der Waals surface area contributed by atoms with E-state index in [-0.39, 0.29) is 16.9 Å². The molecule has 0 radical (unpaired) electrons. The Bertz CT molecular complexity index is 264. The van der Waals surface area contributed by atoms with Crippen molar-refractivity contribution in [3.05, 3.63) is 0 Å². The van der Waals surface area contributed by atoms with Crippen molar-refractivity contribution in [3.63, 3.8) is 0 Å². The van der Waals surface area contributed by atoms with Gasteiger partial charge in [-0.3, -0.25) is 4.79 Å². The van der Waals surface area contributed by atoms with Gasteiger partial charge in [0.05, 0.1) is 0 Å². The summed E-state index contributed by atoms with van der Waals surface area (Å²) in [6, 6.07) is 0. The van der Waals surface area contributed by atoms with Gasteiger partial charge in [-0.1, -0.05) is 34.6 Å². The zero-order valence-corrected chi connectivity index (χ0v) is 13.8. The maximum Gasteiger partial charge on any atom is 0.220 e. The number of hydrogen-bond donors (Lipinski definition) is 2. The molecule has 19 heavy (non-hydrogen) atoms. The molecule has 0 aliphatic carbocycles. The van der Waals surface area contributed by atoms with E-state index in [4.69, 9.17) is 5.73 Å². The van der Waals surface area contributed by atoms with Crippen LogP contribution >= 0.6 is 0 Å². The van der Waals surface area contributed by atoms with Crippen LogP contribution in [-0.2, 0) is 4.79 Å². The minimum absolute atomic E-state index is 0.0534. The van der Waals surface area contributed by atoms with Crippen LogP contribution in [0.4, 0.5) is 0 Å². The molecule has 0 aliphatic rings. The fourth-order valence-electron chi connectivity index (χ4n) is 2.34. The zero-order valence-electron chi connectivity index (χ0n) is 13.8. The monoisotopic (exact) mass is 270 g/mol. The van der Waals surface area contributed by atoms with E-state index in [1.165, 1.54) is 0 Å². The van der Waals surface area contributed by atoms with Crippen LogP contribution in [0.25, 0.3) is 0 Å². The summed E-state index contributed by atoms with van der Waals surface area (Å²) in [6.45, 7) is 13.7. The molecule has 1 atom stereocenters. The van der Waals surface area contributed by atoms with E-state index in [9.17, 15) is 4.79 Å². The van der Waals surface area contributed by atoms with Gasteiger partial charge in [0.15, 0.2) is 0 Å². The Kier molecular flexibility index (Phi) is 7.65. The normalized spacial score (nSPS) is 14.3. The maximum absolute atomic E-state index is 12.1. The summed E-state index contributed by atoms with van der Waals surface area (Å²) < 4.78 is 0. The van der Waals surface area contributed by atoms with Crippen molar-refractivity contribution in [2.45, 2.75) is 79.2 Å². The van der Waals surface area contributed by atoms with Gasteiger partial charge in [0.2, 0.25) is 5.91 Å². The van der Waals surface area contributed by atoms with E-state index in [0.29, 0.717) is 18.9 Å². The molecule has 0 saturated carbocycles. The molecule has 0 heterocycles. The Morgan fingerprint density at radius 2 is 1.63 bits per heavy atom. The third-order valence-electron chi connectivity index (χ3n) is 4.46. The third kappa shape index (κ3) is 6.95. The number of nitrogens with one attached hydrogen (secondary N) is 1. The van der Waals surface area contributed by atoms with Crippen LogP contribution in [0.1, 0.15) is 73.6 Å².